The fourth-order valence-corrected chi connectivity index (χ4v) is 1.97. The quantitative estimate of drug-likeness (QED) is 0.673. The van der Waals surface area contributed by atoms with Gasteiger partial charge in [-0.15, -0.1) is 0 Å². The van der Waals surface area contributed by atoms with Gasteiger partial charge in [0.1, 0.15) is 4.90 Å². The van der Waals surface area contributed by atoms with Crippen LogP contribution < -0.4 is 0 Å². The molecule has 0 aliphatic heterocycles. The highest BCUT2D eigenvalue weighted by atomic mass is 32.2. The SMILES string of the molecule is Cc1ccc(S(=O)(=O)O)c(C(F)(F)C(F)(F)F)c1. The molecule has 1 aromatic rings. The van der Waals surface area contributed by atoms with E-state index in [1.807, 2.05) is 0 Å². The van der Waals surface area contributed by atoms with Gasteiger partial charge in [0, 0.05) is 0 Å². The molecule has 0 saturated heterocycles. The summed E-state index contributed by atoms with van der Waals surface area (Å²) in [5.74, 6) is -5.37. The number of halogens is 5. The van der Waals surface area contributed by atoms with Crippen LogP contribution in [0.2, 0.25) is 0 Å². The maximum absolute atomic E-state index is 13.1. The van der Waals surface area contributed by atoms with Crippen molar-refractivity contribution in [1.29, 1.82) is 0 Å². The van der Waals surface area contributed by atoms with Crippen molar-refractivity contribution >= 4 is 10.1 Å². The largest absolute Gasteiger partial charge is 0.458 e. The molecule has 0 spiro atoms. The second-order valence-corrected chi connectivity index (χ2v) is 4.94. The van der Waals surface area contributed by atoms with Crippen molar-refractivity contribution in [2.45, 2.75) is 23.9 Å². The molecule has 0 aliphatic carbocycles. The Hall–Kier alpha value is -1.22. The van der Waals surface area contributed by atoms with Crippen LogP contribution in [0.15, 0.2) is 23.1 Å². The number of rotatable bonds is 2. The van der Waals surface area contributed by atoms with Crippen LogP contribution in [0.3, 0.4) is 0 Å². The number of hydrogen-bond donors (Lipinski definition) is 1. The van der Waals surface area contributed by atoms with Crippen molar-refractivity contribution in [3.8, 4) is 0 Å². The van der Waals surface area contributed by atoms with Crippen LogP contribution in [-0.4, -0.2) is 19.1 Å². The monoisotopic (exact) mass is 290 g/mol. The van der Waals surface area contributed by atoms with E-state index in [0.717, 1.165) is 6.07 Å². The third-order valence-electron chi connectivity index (χ3n) is 2.11. The van der Waals surface area contributed by atoms with Crippen molar-refractivity contribution in [3.63, 3.8) is 0 Å². The number of alkyl halides is 5. The number of aryl methyl sites for hydroxylation is 1. The van der Waals surface area contributed by atoms with Gasteiger partial charge >= 0.3 is 12.1 Å². The van der Waals surface area contributed by atoms with E-state index in [9.17, 15) is 30.4 Å². The molecule has 1 rings (SSSR count). The van der Waals surface area contributed by atoms with Crippen LogP contribution >= 0.6 is 0 Å². The second kappa shape index (κ2) is 4.16. The summed E-state index contributed by atoms with van der Waals surface area (Å²) < 4.78 is 93.1. The second-order valence-electron chi connectivity index (χ2n) is 3.55. The first-order chi connectivity index (χ1) is 7.87. The maximum atomic E-state index is 13.1. The Bertz CT molecular complexity index is 562. The molecule has 0 amide bonds. The summed E-state index contributed by atoms with van der Waals surface area (Å²) in [5, 5.41) is 0. The first-order valence-corrected chi connectivity index (χ1v) is 5.84. The standard InChI is InChI=1S/C9H7F5O3S/c1-5-2-3-7(18(15,16)17)6(4-5)8(10,11)9(12,13)14/h2-4H,1H3,(H,15,16,17). The van der Waals surface area contributed by atoms with Crippen LogP contribution in [0.4, 0.5) is 22.0 Å². The van der Waals surface area contributed by atoms with Crippen molar-refractivity contribution in [3.05, 3.63) is 29.3 Å². The zero-order valence-electron chi connectivity index (χ0n) is 8.79. The van der Waals surface area contributed by atoms with Gasteiger partial charge in [0.2, 0.25) is 0 Å². The average molecular weight is 290 g/mol. The molecule has 0 aliphatic rings. The third-order valence-corrected chi connectivity index (χ3v) is 3.02. The lowest BCUT2D eigenvalue weighted by Gasteiger charge is -2.21. The van der Waals surface area contributed by atoms with E-state index in [1.165, 1.54) is 6.92 Å². The van der Waals surface area contributed by atoms with Crippen molar-refractivity contribution in [1.82, 2.24) is 0 Å². The fraction of sp³-hybridized carbons (Fsp3) is 0.333. The summed E-state index contributed by atoms with van der Waals surface area (Å²) in [4.78, 5) is -1.46. The highest BCUT2D eigenvalue weighted by Crippen LogP contribution is 2.46. The first-order valence-electron chi connectivity index (χ1n) is 4.40. The predicted octanol–water partition coefficient (Wildman–Crippen LogP) is 2.90. The van der Waals surface area contributed by atoms with Crippen LogP contribution in [0.5, 0.6) is 0 Å². The van der Waals surface area contributed by atoms with Crippen LogP contribution in [0, 0.1) is 6.92 Å². The Kier molecular flexibility index (Phi) is 3.43. The lowest BCUT2D eigenvalue weighted by molar-refractivity contribution is -0.290. The Morgan fingerprint density at radius 2 is 1.61 bits per heavy atom. The molecule has 0 heterocycles. The van der Waals surface area contributed by atoms with Crippen molar-refractivity contribution in [2.75, 3.05) is 0 Å². The fourth-order valence-electron chi connectivity index (χ4n) is 1.27. The Labute approximate surface area is 99.0 Å². The minimum Gasteiger partial charge on any atom is -0.282 e. The molecule has 0 radical (unpaired) electrons. The molecule has 0 atom stereocenters. The van der Waals surface area contributed by atoms with Gasteiger partial charge in [0.15, 0.2) is 0 Å². The van der Waals surface area contributed by atoms with E-state index < -0.39 is 32.7 Å². The minimum absolute atomic E-state index is 0.00123. The number of benzene rings is 1. The van der Waals surface area contributed by atoms with E-state index >= 15 is 0 Å². The summed E-state index contributed by atoms with van der Waals surface area (Å²) in [6.07, 6.45) is -5.96. The van der Waals surface area contributed by atoms with Gasteiger partial charge in [-0.2, -0.15) is 30.4 Å². The number of hydrogen-bond acceptors (Lipinski definition) is 2. The van der Waals surface area contributed by atoms with E-state index in [2.05, 4.69) is 0 Å². The van der Waals surface area contributed by atoms with E-state index in [4.69, 9.17) is 4.55 Å². The first kappa shape index (κ1) is 14.8. The predicted molar refractivity (Wildman–Crippen MR) is 50.9 cm³/mol. The molecule has 0 fully saturated rings. The van der Waals surface area contributed by atoms with E-state index in [1.54, 1.807) is 0 Å². The molecule has 1 N–H and O–H groups in total. The van der Waals surface area contributed by atoms with Crippen molar-refractivity contribution < 1.29 is 34.9 Å². The maximum Gasteiger partial charge on any atom is 0.458 e. The molecule has 0 saturated carbocycles. The average Bonchev–Trinajstić information content (AvgIpc) is 2.13. The molecule has 0 unspecified atom stereocenters. The van der Waals surface area contributed by atoms with Gasteiger partial charge in [0.05, 0.1) is 5.56 Å². The lowest BCUT2D eigenvalue weighted by Crippen LogP contribution is -2.35. The normalized spacial score (nSPS) is 13.7. The highest BCUT2D eigenvalue weighted by Gasteiger charge is 2.60. The van der Waals surface area contributed by atoms with Crippen LogP contribution in [0.1, 0.15) is 11.1 Å². The lowest BCUT2D eigenvalue weighted by atomic mass is 10.1. The van der Waals surface area contributed by atoms with Crippen molar-refractivity contribution in [2.24, 2.45) is 0 Å². The Morgan fingerprint density at radius 1 is 1.11 bits per heavy atom. The zero-order chi connectivity index (χ0) is 14.4. The summed E-state index contributed by atoms with van der Waals surface area (Å²) in [6.45, 7) is 1.21. The summed E-state index contributed by atoms with van der Waals surface area (Å²) >= 11 is 0. The van der Waals surface area contributed by atoms with Crippen LogP contribution in [-0.2, 0) is 16.0 Å². The van der Waals surface area contributed by atoms with Crippen LogP contribution in [0.25, 0.3) is 0 Å². The van der Waals surface area contributed by atoms with Gasteiger partial charge in [-0.1, -0.05) is 11.6 Å². The smallest absolute Gasteiger partial charge is 0.282 e. The topological polar surface area (TPSA) is 54.4 Å². The van der Waals surface area contributed by atoms with Gasteiger partial charge in [0.25, 0.3) is 10.1 Å². The highest BCUT2D eigenvalue weighted by molar-refractivity contribution is 7.85. The van der Waals surface area contributed by atoms with E-state index in [-0.39, 0.29) is 5.56 Å². The van der Waals surface area contributed by atoms with Gasteiger partial charge < -0.3 is 0 Å². The van der Waals surface area contributed by atoms with Gasteiger partial charge in [-0.25, -0.2) is 0 Å². The van der Waals surface area contributed by atoms with E-state index in [0.29, 0.717) is 12.1 Å². The molecule has 1 aromatic carbocycles. The Balaban J connectivity index is 3.64. The Morgan fingerprint density at radius 3 is 2.00 bits per heavy atom. The summed E-state index contributed by atoms with van der Waals surface area (Å²) in [7, 11) is -5.17. The van der Waals surface area contributed by atoms with Gasteiger partial charge in [-0.3, -0.25) is 4.55 Å². The molecule has 0 bridgehead atoms. The zero-order valence-corrected chi connectivity index (χ0v) is 9.61. The minimum atomic E-state index is -5.96. The third kappa shape index (κ3) is 2.61. The molecular formula is C9H7F5O3S. The molecule has 0 aromatic heterocycles. The van der Waals surface area contributed by atoms with Gasteiger partial charge in [-0.05, 0) is 19.1 Å². The molecule has 18 heavy (non-hydrogen) atoms. The summed E-state index contributed by atoms with van der Waals surface area (Å²) in [6, 6.07) is 1.87. The summed E-state index contributed by atoms with van der Waals surface area (Å²) in [5.41, 5.74) is -1.79. The molecule has 3 nitrogen and oxygen atoms in total. The molecular weight excluding hydrogens is 283 g/mol. The molecule has 102 valence electrons. The molecule has 9 heteroatoms.